The molecule has 2 saturated heterocycles. The standard InChI is InChI=1S/C16H22N2O3S/c19-8-1-6-18-14-4-7-17(10-12(14)2-3-15(18)20)16(21)13-5-9-22-11-13/h5,9,11-12,14,19H,1-4,6-8,10H2/t12-,14+/m0/s1. The molecule has 0 saturated carbocycles. The molecule has 1 aromatic heterocycles. The van der Waals surface area contributed by atoms with E-state index in [9.17, 15) is 9.59 Å². The molecule has 6 heteroatoms. The minimum atomic E-state index is 0.110. The fraction of sp³-hybridized carbons (Fsp3) is 0.625. The number of nitrogens with zero attached hydrogens (tertiary/aromatic N) is 2. The molecule has 3 heterocycles. The molecule has 0 bridgehead atoms. The maximum absolute atomic E-state index is 12.5. The number of rotatable bonds is 4. The van der Waals surface area contributed by atoms with Gasteiger partial charge in [-0.1, -0.05) is 0 Å². The minimum Gasteiger partial charge on any atom is -0.396 e. The lowest BCUT2D eigenvalue weighted by molar-refractivity contribution is -0.140. The predicted molar refractivity (Wildman–Crippen MR) is 84.8 cm³/mol. The molecule has 5 nitrogen and oxygen atoms in total. The van der Waals surface area contributed by atoms with Crippen molar-refractivity contribution in [3.63, 3.8) is 0 Å². The molecule has 2 amide bonds. The number of likely N-dealkylation sites (tertiary alicyclic amines) is 2. The second-order valence-corrected chi connectivity index (χ2v) is 6.86. The molecule has 0 aliphatic carbocycles. The average molecular weight is 322 g/mol. The van der Waals surface area contributed by atoms with E-state index >= 15 is 0 Å². The highest BCUT2D eigenvalue weighted by molar-refractivity contribution is 7.08. The molecule has 120 valence electrons. The van der Waals surface area contributed by atoms with E-state index < -0.39 is 0 Å². The summed E-state index contributed by atoms with van der Waals surface area (Å²) in [5, 5.41) is 12.8. The monoisotopic (exact) mass is 322 g/mol. The lowest BCUT2D eigenvalue weighted by atomic mass is 9.83. The molecule has 2 aliphatic heterocycles. The maximum atomic E-state index is 12.5. The number of hydrogen-bond acceptors (Lipinski definition) is 4. The van der Waals surface area contributed by atoms with E-state index in [1.54, 1.807) is 11.3 Å². The SMILES string of the molecule is O=C(c1ccsc1)N1CC[C@@H]2[C@@H](CCC(=O)N2CCCO)C1. The summed E-state index contributed by atoms with van der Waals surface area (Å²) in [6.45, 7) is 2.19. The van der Waals surface area contributed by atoms with Gasteiger partial charge in [-0.05, 0) is 36.6 Å². The smallest absolute Gasteiger partial charge is 0.254 e. The lowest BCUT2D eigenvalue weighted by Crippen LogP contribution is -2.57. The van der Waals surface area contributed by atoms with Crippen LogP contribution in [0.2, 0.25) is 0 Å². The van der Waals surface area contributed by atoms with Crippen molar-refractivity contribution < 1.29 is 14.7 Å². The van der Waals surface area contributed by atoms with Crippen molar-refractivity contribution in [1.82, 2.24) is 9.80 Å². The molecule has 0 spiro atoms. The van der Waals surface area contributed by atoms with Crippen molar-refractivity contribution in [3.8, 4) is 0 Å². The second kappa shape index (κ2) is 6.79. The summed E-state index contributed by atoms with van der Waals surface area (Å²) in [5.41, 5.74) is 0.771. The van der Waals surface area contributed by atoms with Crippen molar-refractivity contribution in [1.29, 1.82) is 0 Å². The van der Waals surface area contributed by atoms with Gasteiger partial charge in [-0.15, -0.1) is 0 Å². The Morgan fingerprint density at radius 3 is 3.00 bits per heavy atom. The van der Waals surface area contributed by atoms with Gasteiger partial charge >= 0.3 is 0 Å². The van der Waals surface area contributed by atoms with Crippen molar-refractivity contribution in [3.05, 3.63) is 22.4 Å². The van der Waals surface area contributed by atoms with Gasteiger partial charge in [-0.3, -0.25) is 9.59 Å². The van der Waals surface area contributed by atoms with Gasteiger partial charge in [0.15, 0.2) is 0 Å². The number of aliphatic hydroxyl groups excluding tert-OH is 1. The van der Waals surface area contributed by atoms with Crippen LogP contribution in [0.5, 0.6) is 0 Å². The number of amides is 2. The normalized spacial score (nSPS) is 25.2. The van der Waals surface area contributed by atoms with Crippen LogP contribution >= 0.6 is 11.3 Å². The highest BCUT2D eigenvalue weighted by atomic mass is 32.1. The zero-order chi connectivity index (χ0) is 15.5. The molecule has 3 rings (SSSR count). The van der Waals surface area contributed by atoms with Gasteiger partial charge in [0, 0.05) is 44.1 Å². The van der Waals surface area contributed by atoms with Gasteiger partial charge in [0.25, 0.3) is 5.91 Å². The van der Waals surface area contributed by atoms with E-state index in [1.165, 1.54) is 0 Å². The quantitative estimate of drug-likeness (QED) is 0.915. The molecule has 2 atom stereocenters. The van der Waals surface area contributed by atoms with Gasteiger partial charge in [0.05, 0.1) is 5.56 Å². The first-order valence-electron chi connectivity index (χ1n) is 7.92. The first kappa shape index (κ1) is 15.5. The van der Waals surface area contributed by atoms with Crippen LogP contribution in [0.3, 0.4) is 0 Å². The van der Waals surface area contributed by atoms with Crippen LogP contribution in [-0.2, 0) is 4.79 Å². The highest BCUT2D eigenvalue weighted by Crippen LogP contribution is 2.32. The average Bonchev–Trinajstić information content (AvgIpc) is 3.07. The third-order valence-electron chi connectivity index (χ3n) is 4.76. The number of carbonyl (C=O) groups is 2. The van der Waals surface area contributed by atoms with Gasteiger partial charge in [-0.2, -0.15) is 11.3 Å². The Morgan fingerprint density at radius 1 is 1.41 bits per heavy atom. The number of carbonyl (C=O) groups excluding carboxylic acids is 2. The molecular weight excluding hydrogens is 300 g/mol. The van der Waals surface area contributed by atoms with Crippen LogP contribution in [0.1, 0.15) is 36.0 Å². The van der Waals surface area contributed by atoms with Gasteiger partial charge < -0.3 is 14.9 Å². The predicted octanol–water partition coefficient (Wildman–Crippen LogP) is 1.58. The first-order valence-corrected chi connectivity index (χ1v) is 8.87. The molecule has 2 fully saturated rings. The van der Waals surface area contributed by atoms with Crippen molar-refractivity contribution in [2.24, 2.45) is 5.92 Å². The van der Waals surface area contributed by atoms with Crippen LogP contribution < -0.4 is 0 Å². The molecular formula is C16H22N2O3S. The minimum absolute atomic E-state index is 0.110. The van der Waals surface area contributed by atoms with E-state index in [-0.39, 0.29) is 24.5 Å². The summed E-state index contributed by atoms with van der Waals surface area (Å²) in [6.07, 6.45) is 2.91. The Hall–Kier alpha value is -1.40. The topological polar surface area (TPSA) is 60.9 Å². The lowest BCUT2D eigenvalue weighted by Gasteiger charge is -2.47. The summed E-state index contributed by atoms with van der Waals surface area (Å²) >= 11 is 1.54. The van der Waals surface area contributed by atoms with E-state index in [0.29, 0.717) is 31.8 Å². The van der Waals surface area contributed by atoms with E-state index in [2.05, 4.69) is 0 Å². The Balaban J connectivity index is 1.66. The Labute approximate surface area is 134 Å². The molecule has 22 heavy (non-hydrogen) atoms. The number of hydrogen-bond donors (Lipinski definition) is 1. The summed E-state index contributed by atoms with van der Waals surface area (Å²) < 4.78 is 0. The van der Waals surface area contributed by atoms with Gasteiger partial charge in [-0.25, -0.2) is 0 Å². The molecule has 1 N–H and O–H groups in total. The summed E-state index contributed by atoms with van der Waals surface area (Å²) in [7, 11) is 0. The zero-order valence-corrected chi connectivity index (χ0v) is 13.4. The molecule has 0 radical (unpaired) electrons. The maximum Gasteiger partial charge on any atom is 0.254 e. The fourth-order valence-corrected chi connectivity index (χ4v) is 4.27. The van der Waals surface area contributed by atoms with Crippen LogP contribution in [0.25, 0.3) is 0 Å². The summed E-state index contributed by atoms with van der Waals surface area (Å²) in [4.78, 5) is 28.5. The highest BCUT2D eigenvalue weighted by Gasteiger charge is 2.40. The van der Waals surface area contributed by atoms with Gasteiger partial charge in [0.1, 0.15) is 0 Å². The number of fused-ring (bicyclic) bond motifs is 1. The van der Waals surface area contributed by atoms with Crippen molar-refractivity contribution in [2.75, 3.05) is 26.2 Å². The Kier molecular flexibility index (Phi) is 4.78. The Morgan fingerprint density at radius 2 is 2.27 bits per heavy atom. The first-order chi connectivity index (χ1) is 10.7. The Bertz CT molecular complexity index is 532. The van der Waals surface area contributed by atoms with Gasteiger partial charge in [0.2, 0.25) is 5.91 Å². The molecule has 0 unspecified atom stereocenters. The largest absolute Gasteiger partial charge is 0.396 e. The number of aliphatic hydroxyl groups is 1. The van der Waals surface area contributed by atoms with E-state index in [1.807, 2.05) is 26.6 Å². The summed E-state index contributed by atoms with van der Waals surface area (Å²) in [5.74, 6) is 0.679. The molecule has 0 aromatic carbocycles. The third-order valence-corrected chi connectivity index (χ3v) is 5.44. The molecule has 2 aliphatic rings. The summed E-state index contributed by atoms with van der Waals surface area (Å²) in [6, 6.07) is 2.11. The van der Waals surface area contributed by atoms with Crippen molar-refractivity contribution in [2.45, 2.75) is 31.7 Å². The van der Waals surface area contributed by atoms with Crippen LogP contribution in [0, 0.1) is 5.92 Å². The second-order valence-electron chi connectivity index (χ2n) is 6.08. The molecule has 1 aromatic rings. The van der Waals surface area contributed by atoms with Crippen LogP contribution in [0.4, 0.5) is 0 Å². The van der Waals surface area contributed by atoms with Crippen LogP contribution in [-0.4, -0.2) is 59.0 Å². The fourth-order valence-electron chi connectivity index (χ4n) is 3.64. The van der Waals surface area contributed by atoms with Crippen LogP contribution in [0.15, 0.2) is 16.8 Å². The van der Waals surface area contributed by atoms with E-state index in [0.717, 1.165) is 24.9 Å². The number of thiophene rings is 1. The zero-order valence-electron chi connectivity index (χ0n) is 12.6. The van der Waals surface area contributed by atoms with Crippen molar-refractivity contribution >= 4 is 23.2 Å². The van der Waals surface area contributed by atoms with E-state index in [4.69, 9.17) is 5.11 Å². The number of piperidine rings is 2. The third kappa shape index (κ3) is 3.03.